The summed E-state index contributed by atoms with van der Waals surface area (Å²) in [6.07, 6.45) is 13.1. The molecule has 0 amide bonds. The van der Waals surface area contributed by atoms with Crippen LogP contribution in [0.5, 0.6) is 0 Å². The topological polar surface area (TPSA) is 40.1 Å². The lowest BCUT2D eigenvalue weighted by molar-refractivity contribution is -0.930. The third-order valence-corrected chi connectivity index (χ3v) is 5.08. The number of carbonyl (C=O) groups excluding carboxylic acids is 1. The van der Waals surface area contributed by atoms with Crippen molar-refractivity contribution in [3.63, 3.8) is 0 Å². The standard InChI is InChI=1S/C18H37NO2/c1-6-7-8-9-10-11-12-13-14-15-16-19(4,5)18(2,3)17(20)21/h6-16H2,1-5H3. The first kappa shape index (κ1) is 20.4. The summed E-state index contributed by atoms with van der Waals surface area (Å²) in [7, 11) is 3.98. The number of rotatable bonds is 13. The molecule has 0 atom stereocenters. The number of quaternary nitrogens is 1. The van der Waals surface area contributed by atoms with E-state index in [1.165, 1.54) is 57.8 Å². The zero-order chi connectivity index (χ0) is 16.4. The number of aliphatic carboxylic acids is 1. The van der Waals surface area contributed by atoms with Gasteiger partial charge in [-0.2, -0.15) is 0 Å². The third-order valence-electron chi connectivity index (χ3n) is 5.08. The minimum atomic E-state index is -0.959. The molecule has 0 aliphatic carbocycles. The molecule has 0 aliphatic heterocycles. The third kappa shape index (κ3) is 7.85. The number of hydrogen-bond acceptors (Lipinski definition) is 2. The summed E-state index contributed by atoms with van der Waals surface area (Å²) in [6.45, 7) is 6.68. The minimum absolute atomic E-state index is 0.492. The minimum Gasteiger partial charge on any atom is -0.544 e. The Labute approximate surface area is 132 Å². The quantitative estimate of drug-likeness (QED) is 0.386. The van der Waals surface area contributed by atoms with Gasteiger partial charge in [-0.25, -0.2) is 0 Å². The molecular formula is C18H37NO2. The van der Waals surface area contributed by atoms with Gasteiger partial charge in [-0.05, 0) is 26.7 Å². The Balaban J connectivity index is 3.65. The van der Waals surface area contributed by atoms with Crippen molar-refractivity contribution in [1.82, 2.24) is 0 Å². The number of nitrogens with zero attached hydrogens (tertiary/aromatic N) is 1. The fourth-order valence-electron chi connectivity index (χ4n) is 2.52. The van der Waals surface area contributed by atoms with Gasteiger partial charge in [0.2, 0.25) is 0 Å². The highest BCUT2D eigenvalue weighted by Crippen LogP contribution is 2.21. The van der Waals surface area contributed by atoms with Crippen LogP contribution in [-0.4, -0.2) is 36.6 Å². The van der Waals surface area contributed by atoms with E-state index in [2.05, 4.69) is 6.92 Å². The van der Waals surface area contributed by atoms with Crippen LogP contribution in [0, 0.1) is 0 Å². The molecule has 0 heterocycles. The summed E-state index contributed by atoms with van der Waals surface area (Å²) < 4.78 is 0.492. The summed E-state index contributed by atoms with van der Waals surface area (Å²) in [6, 6.07) is 0. The first-order valence-electron chi connectivity index (χ1n) is 8.80. The zero-order valence-corrected chi connectivity index (χ0v) is 15.0. The maximum Gasteiger partial charge on any atom is 0.133 e. The molecule has 0 saturated heterocycles. The van der Waals surface area contributed by atoms with Gasteiger partial charge in [0.15, 0.2) is 0 Å². The predicted octanol–water partition coefficient (Wildman–Crippen LogP) is 3.51. The van der Waals surface area contributed by atoms with Gasteiger partial charge in [0.25, 0.3) is 0 Å². The summed E-state index contributed by atoms with van der Waals surface area (Å²) in [5.41, 5.74) is -0.820. The molecule has 0 fully saturated rings. The Kier molecular flexibility index (Phi) is 9.93. The van der Waals surface area contributed by atoms with Crippen LogP contribution in [-0.2, 0) is 4.79 Å². The molecule has 0 aromatic rings. The van der Waals surface area contributed by atoms with E-state index in [9.17, 15) is 9.90 Å². The number of likely N-dealkylation sites (N-methyl/N-ethyl adjacent to an activating group) is 1. The lowest BCUT2D eigenvalue weighted by atomic mass is 9.99. The van der Waals surface area contributed by atoms with E-state index in [1.54, 1.807) is 13.8 Å². The molecule has 0 radical (unpaired) electrons. The molecule has 3 heteroatoms. The Morgan fingerprint density at radius 1 is 0.857 bits per heavy atom. The number of carboxylic acid groups (broad SMARTS) is 1. The van der Waals surface area contributed by atoms with Crippen molar-refractivity contribution in [3.8, 4) is 0 Å². The van der Waals surface area contributed by atoms with Crippen LogP contribution in [0.4, 0.5) is 0 Å². The maximum absolute atomic E-state index is 11.2. The Hall–Kier alpha value is -0.570. The molecule has 0 N–H and O–H groups in total. The highest BCUT2D eigenvalue weighted by atomic mass is 16.4. The average molecular weight is 299 g/mol. The SMILES string of the molecule is CCCCCCCCCCCC[N+](C)(C)C(C)(C)C(=O)[O-]. The van der Waals surface area contributed by atoms with Crippen molar-refractivity contribution in [2.75, 3.05) is 20.6 Å². The summed E-state index contributed by atoms with van der Waals surface area (Å²) in [4.78, 5) is 11.2. The van der Waals surface area contributed by atoms with Crippen LogP contribution >= 0.6 is 0 Å². The fraction of sp³-hybridized carbons (Fsp3) is 0.944. The largest absolute Gasteiger partial charge is 0.544 e. The molecule has 0 unspecified atom stereocenters. The lowest BCUT2D eigenvalue weighted by Gasteiger charge is -2.45. The van der Waals surface area contributed by atoms with E-state index in [0.717, 1.165) is 13.0 Å². The van der Waals surface area contributed by atoms with Gasteiger partial charge in [0.05, 0.1) is 20.6 Å². The highest BCUT2D eigenvalue weighted by molar-refractivity contribution is 5.73. The number of unbranched alkanes of at least 4 members (excludes halogenated alkanes) is 9. The van der Waals surface area contributed by atoms with Crippen molar-refractivity contribution in [1.29, 1.82) is 0 Å². The molecule has 0 spiro atoms. The van der Waals surface area contributed by atoms with Crippen molar-refractivity contribution in [3.05, 3.63) is 0 Å². The van der Waals surface area contributed by atoms with Gasteiger partial charge in [0.1, 0.15) is 11.5 Å². The summed E-state index contributed by atoms with van der Waals surface area (Å²) in [5.74, 6) is -0.959. The van der Waals surface area contributed by atoms with Crippen molar-refractivity contribution >= 4 is 5.97 Å². The second kappa shape index (κ2) is 10.2. The molecule has 0 aliphatic rings. The van der Waals surface area contributed by atoms with Gasteiger partial charge >= 0.3 is 0 Å². The van der Waals surface area contributed by atoms with Gasteiger partial charge in [-0.15, -0.1) is 0 Å². The van der Waals surface area contributed by atoms with Crippen LogP contribution in [0.2, 0.25) is 0 Å². The van der Waals surface area contributed by atoms with Gasteiger partial charge in [-0.1, -0.05) is 58.3 Å². The van der Waals surface area contributed by atoms with Crippen LogP contribution in [0.1, 0.15) is 85.0 Å². The van der Waals surface area contributed by atoms with E-state index in [4.69, 9.17) is 0 Å². The van der Waals surface area contributed by atoms with E-state index in [1.807, 2.05) is 14.1 Å². The zero-order valence-electron chi connectivity index (χ0n) is 15.0. The second-order valence-electron chi connectivity index (χ2n) is 7.44. The van der Waals surface area contributed by atoms with Crippen molar-refractivity contribution < 1.29 is 14.4 Å². The first-order valence-corrected chi connectivity index (χ1v) is 8.80. The fourth-order valence-corrected chi connectivity index (χ4v) is 2.52. The lowest BCUT2D eigenvalue weighted by Crippen LogP contribution is -2.64. The average Bonchev–Trinajstić information content (AvgIpc) is 2.40. The van der Waals surface area contributed by atoms with E-state index in [0.29, 0.717) is 4.48 Å². The normalized spacial score (nSPS) is 12.6. The van der Waals surface area contributed by atoms with Gasteiger partial charge in [0, 0.05) is 0 Å². The molecule has 21 heavy (non-hydrogen) atoms. The Bertz CT molecular complexity index is 285. The predicted molar refractivity (Wildman–Crippen MR) is 87.9 cm³/mol. The second-order valence-corrected chi connectivity index (χ2v) is 7.44. The van der Waals surface area contributed by atoms with Gasteiger partial charge < -0.3 is 14.4 Å². The number of hydrogen-bond donors (Lipinski definition) is 0. The Morgan fingerprint density at radius 2 is 1.24 bits per heavy atom. The van der Waals surface area contributed by atoms with Crippen LogP contribution in [0.25, 0.3) is 0 Å². The molecule has 126 valence electrons. The van der Waals surface area contributed by atoms with E-state index >= 15 is 0 Å². The van der Waals surface area contributed by atoms with Crippen molar-refractivity contribution in [2.45, 2.75) is 90.5 Å². The number of carboxylic acids is 1. The van der Waals surface area contributed by atoms with Crippen LogP contribution in [0.3, 0.4) is 0 Å². The molecule has 3 nitrogen and oxygen atoms in total. The maximum atomic E-state index is 11.2. The smallest absolute Gasteiger partial charge is 0.133 e. The monoisotopic (exact) mass is 299 g/mol. The molecule has 0 bridgehead atoms. The highest BCUT2D eigenvalue weighted by Gasteiger charge is 2.37. The molecule has 0 saturated carbocycles. The van der Waals surface area contributed by atoms with Crippen LogP contribution < -0.4 is 5.11 Å². The Morgan fingerprint density at radius 3 is 1.62 bits per heavy atom. The van der Waals surface area contributed by atoms with Crippen molar-refractivity contribution in [2.24, 2.45) is 0 Å². The molecule has 0 aromatic heterocycles. The van der Waals surface area contributed by atoms with Gasteiger partial charge in [-0.3, -0.25) is 0 Å². The summed E-state index contributed by atoms with van der Waals surface area (Å²) >= 11 is 0. The van der Waals surface area contributed by atoms with Crippen LogP contribution in [0.15, 0.2) is 0 Å². The summed E-state index contributed by atoms with van der Waals surface area (Å²) in [5, 5.41) is 11.2. The molecule has 0 aromatic carbocycles. The molecular weight excluding hydrogens is 262 g/mol. The first-order chi connectivity index (χ1) is 9.75. The van der Waals surface area contributed by atoms with E-state index in [-0.39, 0.29) is 0 Å². The van der Waals surface area contributed by atoms with E-state index < -0.39 is 11.5 Å². The number of carbonyl (C=O) groups is 1. The molecule has 0 rings (SSSR count).